The van der Waals surface area contributed by atoms with E-state index in [1.807, 2.05) is 48.3 Å². The van der Waals surface area contributed by atoms with Crippen LogP contribution in [0.2, 0.25) is 5.02 Å². The molecule has 0 fully saturated rings. The van der Waals surface area contributed by atoms with Crippen molar-refractivity contribution in [2.45, 2.75) is 6.04 Å². The Bertz CT molecular complexity index is 848. The van der Waals surface area contributed by atoms with Gasteiger partial charge in [-0.3, -0.25) is 0 Å². The summed E-state index contributed by atoms with van der Waals surface area (Å²) in [6.45, 7) is 0. The Morgan fingerprint density at radius 1 is 0.962 bits per heavy atom. The third-order valence-corrected chi connectivity index (χ3v) is 4.79. The van der Waals surface area contributed by atoms with Crippen molar-refractivity contribution in [3.8, 4) is 0 Å². The summed E-state index contributed by atoms with van der Waals surface area (Å²) in [4.78, 5) is 1.98. The molecule has 1 N–H and O–H groups in total. The zero-order chi connectivity index (χ0) is 18.5. The molecule has 0 unspecified atom stereocenters. The van der Waals surface area contributed by atoms with E-state index in [1.54, 1.807) is 6.07 Å². The summed E-state index contributed by atoms with van der Waals surface area (Å²) in [7, 11) is 1.94. The molecule has 2 nitrogen and oxygen atoms in total. The number of hydrogen-bond acceptors (Lipinski definition) is 1. The van der Waals surface area contributed by atoms with Crippen molar-refractivity contribution < 1.29 is 4.39 Å². The lowest BCUT2D eigenvalue weighted by atomic mass is 9.98. The van der Waals surface area contributed by atoms with E-state index >= 15 is 0 Å². The van der Waals surface area contributed by atoms with Gasteiger partial charge in [0.1, 0.15) is 5.82 Å². The molecule has 3 rings (SSSR count). The number of hydrogen-bond donors (Lipinski definition) is 1. The first-order valence-electron chi connectivity index (χ1n) is 8.15. The lowest BCUT2D eigenvalue weighted by Gasteiger charge is -2.31. The first kappa shape index (κ1) is 18.4. The predicted octanol–water partition coefficient (Wildman–Crippen LogP) is 5.90. The highest BCUT2D eigenvalue weighted by molar-refractivity contribution is 7.80. The molecule has 0 saturated heterocycles. The highest BCUT2D eigenvalue weighted by atomic mass is 35.5. The fraction of sp³-hybridized carbons (Fsp3) is 0.0952. The van der Waals surface area contributed by atoms with Crippen molar-refractivity contribution in [1.29, 1.82) is 0 Å². The first-order chi connectivity index (χ1) is 12.6. The molecule has 0 aliphatic heterocycles. The van der Waals surface area contributed by atoms with E-state index in [9.17, 15) is 4.39 Å². The first-order valence-corrected chi connectivity index (χ1v) is 8.93. The standard InChI is InChI=1S/C21H18ClFN2S/c1-25(21(26)24-17-12-13-19(23)18(22)14-17)20(15-8-4-2-5-9-15)16-10-6-3-7-11-16/h2-14,20H,1H3,(H,24,26). The molecule has 0 spiro atoms. The number of thiocarbonyl (C=S) groups is 1. The van der Waals surface area contributed by atoms with Crippen LogP contribution in [0.1, 0.15) is 17.2 Å². The average molecular weight is 385 g/mol. The van der Waals surface area contributed by atoms with Crippen LogP contribution in [0.5, 0.6) is 0 Å². The average Bonchev–Trinajstić information content (AvgIpc) is 2.66. The van der Waals surface area contributed by atoms with Gasteiger partial charge in [-0.1, -0.05) is 72.3 Å². The minimum absolute atomic E-state index is 0.0479. The van der Waals surface area contributed by atoms with Crippen molar-refractivity contribution in [2.24, 2.45) is 0 Å². The second-order valence-electron chi connectivity index (χ2n) is 5.89. The molecule has 0 aliphatic rings. The maximum Gasteiger partial charge on any atom is 0.173 e. The summed E-state index contributed by atoms with van der Waals surface area (Å²) >= 11 is 11.4. The monoisotopic (exact) mass is 384 g/mol. The van der Waals surface area contributed by atoms with E-state index in [1.165, 1.54) is 12.1 Å². The molecule has 0 aliphatic carbocycles. The summed E-state index contributed by atoms with van der Waals surface area (Å²) in [5.41, 5.74) is 2.90. The highest BCUT2D eigenvalue weighted by Crippen LogP contribution is 2.28. The molecule has 0 atom stereocenters. The van der Waals surface area contributed by atoms with Gasteiger partial charge < -0.3 is 10.2 Å². The minimum Gasteiger partial charge on any atom is -0.341 e. The van der Waals surface area contributed by atoms with Gasteiger partial charge in [0, 0.05) is 12.7 Å². The summed E-state index contributed by atoms with van der Waals surface area (Å²) in [6, 6.07) is 24.7. The SMILES string of the molecule is CN(C(=S)Nc1ccc(F)c(Cl)c1)C(c1ccccc1)c1ccccc1. The van der Waals surface area contributed by atoms with Crippen LogP contribution in [0, 0.1) is 5.82 Å². The van der Waals surface area contributed by atoms with Crippen LogP contribution < -0.4 is 5.32 Å². The van der Waals surface area contributed by atoms with Crippen molar-refractivity contribution in [3.05, 3.63) is 101 Å². The van der Waals surface area contributed by atoms with Crippen LogP contribution in [0.4, 0.5) is 10.1 Å². The van der Waals surface area contributed by atoms with Gasteiger partial charge in [0.05, 0.1) is 11.1 Å². The van der Waals surface area contributed by atoms with Gasteiger partial charge in [-0.15, -0.1) is 0 Å². The van der Waals surface area contributed by atoms with Crippen molar-refractivity contribution in [2.75, 3.05) is 12.4 Å². The summed E-state index contributed by atoms with van der Waals surface area (Å²) in [5.74, 6) is -0.456. The van der Waals surface area contributed by atoms with Crippen LogP contribution in [0.3, 0.4) is 0 Å². The molecule has 0 saturated carbocycles. The maximum atomic E-state index is 13.4. The largest absolute Gasteiger partial charge is 0.341 e. The molecule has 0 heterocycles. The molecule has 3 aromatic carbocycles. The molecule has 0 amide bonds. The van der Waals surface area contributed by atoms with E-state index in [2.05, 4.69) is 29.6 Å². The van der Waals surface area contributed by atoms with Gasteiger partial charge in [-0.2, -0.15) is 0 Å². The third-order valence-electron chi connectivity index (χ3n) is 4.11. The Balaban J connectivity index is 1.88. The van der Waals surface area contributed by atoms with Crippen LogP contribution in [0.15, 0.2) is 78.9 Å². The number of anilines is 1. The summed E-state index contributed by atoms with van der Waals surface area (Å²) < 4.78 is 13.4. The van der Waals surface area contributed by atoms with E-state index in [4.69, 9.17) is 23.8 Å². The van der Waals surface area contributed by atoms with E-state index in [0.29, 0.717) is 10.8 Å². The third kappa shape index (κ3) is 4.21. The number of rotatable bonds is 4. The summed E-state index contributed by atoms with van der Waals surface area (Å²) in [5, 5.41) is 3.71. The minimum atomic E-state index is -0.456. The highest BCUT2D eigenvalue weighted by Gasteiger charge is 2.21. The fourth-order valence-electron chi connectivity index (χ4n) is 2.81. The topological polar surface area (TPSA) is 15.3 Å². The van der Waals surface area contributed by atoms with Crippen molar-refractivity contribution in [3.63, 3.8) is 0 Å². The predicted molar refractivity (Wildman–Crippen MR) is 110 cm³/mol. The second-order valence-corrected chi connectivity index (χ2v) is 6.69. The van der Waals surface area contributed by atoms with Crippen LogP contribution in [-0.2, 0) is 0 Å². The van der Waals surface area contributed by atoms with E-state index in [-0.39, 0.29) is 11.1 Å². The Hall–Kier alpha value is -2.43. The van der Waals surface area contributed by atoms with E-state index < -0.39 is 5.82 Å². The molecule has 5 heteroatoms. The Morgan fingerprint density at radius 2 is 1.50 bits per heavy atom. The van der Waals surface area contributed by atoms with Gasteiger partial charge in [0.25, 0.3) is 0 Å². The molecule has 0 radical (unpaired) electrons. The van der Waals surface area contributed by atoms with Gasteiger partial charge in [-0.25, -0.2) is 4.39 Å². The van der Waals surface area contributed by atoms with Crippen molar-refractivity contribution in [1.82, 2.24) is 4.90 Å². The lowest BCUT2D eigenvalue weighted by Crippen LogP contribution is -2.35. The van der Waals surface area contributed by atoms with Gasteiger partial charge >= 0.3 is 0 Å². The summed E-state index contributed by atoms with van der Waals surface area (Å²) in [6.07, 6.45) is 0. The van der Waals surface area contributed by atoms with Crippen LogP contribution in [-0.4, -0.2) is 17.1 Å². The molecule has 3 aromatic rings. The van der Waals surface area contributed by atoms with Crippen LogP contribution >= 0.6 is 23.8 Å². The second kappa shape index (κ2) is 8.30. The Labute approximate surface area is 163 Å². The molecule has 0 bridgehead atoms. The zero-order valence-corrected chi connectivity index (χ0v) is 15.8. The zero-order valence-electron chi connectivity index (χ0n) is 14.2. The van der Waals surface area contributed by atoms with Crippen LogP contribution in [0.25, 0.3) is 0 Å². The molecule has 132 valence electrons. The number of nitrogens with one attached hydrogen (secondary N) is 1. The van der Waals surface area contributed by atoms with Crippen molar-refractivity contribution >= 4 is 34.6 Å². The Kier molecular flexibility index (Phi) is 5.86. The number of nitrogens with zero attached hydrogens (tertiary/aromatic N) is 1. The van der Waals surface area contributed by atoms with Gasteiger partial charge in [0.15, 0.2) is 5.11 Å². The molecular formula is C21H18ClFN2S. The van der Waals surface area contributed by atoms with Gasteiger partial charge in [-0.05, 0) is 41.5 Å². The Morgan fingerprint density at radius 3 is 2.00 bits per heavy atom. The van der Waals surface area contributed by atoms with Gasteiger partial charge in [0.2, 0.25) is 0 Å². The molecule has 26 heavy (non-hydrogen) atoms. The van der Waals surface area contributed by atoms with E-state index in [0.717, 1.165) is 11.1 Å². The maximum absolute atomic E-state index is 13.4. The lowest BCUT2D eigenvalue weighted by molar-refractivity contribution is 0.434. The quantitative estimate of drug-likeness (QED) is 0.564. The normalized spacial score (nSPS) is 10.6. The fourth-order valence-corrected chi connectivity index (χ4v) is 3.22. The molecular weight excluding hydrogens is 367 g/mol. The number of benzene rings is 3. The molecule has 0 aromatic heterocycles. The smallest absolute Gasteiger partial charge is 0.173 e. The number of halogens is 2.